The summed E-state index contributed by atoms with van der Waals surface area (Å²) >= 11 is 5.11. The zero-order chi connectivity index (χ0) is 11.7. The number of benzene rings is 1. The number of nitrogens with one attached hydrogen (secondary N) is 1. The first kappa shape index (κ1) is 10.5. The standard InChI is InChI=1S/C14H13NOS/c17-14-3-1-2-13(15-14)10-4-6-11(7-5-10)16-12-8-9-12/h1-7,12H,8-9H2,(H,15,17). The number of H-pyrrole nitrogens is 1. The molecule has 1 N–H and O–H groups in total. The van der Waals surface area contributed by atoms with Crippen molar-refractivity contribution < 1.29 is 4.74 Å². The normalized spacial score (nSPS) is 14.6. The van der Waals surface area contributed by atoms with Crippen LogP contribution < -0.4 is 4.74 Å². The predicted molar refractivity (Wildman–Crippen MR) is 70.7 cm³/mol. The maximum atomic E-state index is 5.71. The van der Waals surface area contributed by atoms with E-state index in [-0.39, 0.29) is 0 Å². The summed E-state index contributed by atoms with van der Waals surface area (Å²) in [6.07, 6.45) is 2.82. The number of aromatic amines is 1. The Bertz CT molecular complexity index is 569. The van der Waals surface area contributed by atoms with Gasteiger partial charge < -0.3 is 9.72 Å². The van der Waals surface area contributed by atoms with Crippen molar-refractivity contribution in [3.8, 4) is 17.0 Å². The van der Waals surface area contributed by atoms with Gasteiger partial charge in [0.2, 0.25) is 0 Å². The molecule has 0 atom stereocenters. The zero-order valence-electron chi connectivity index (χ0n) is 9.35. The molecular weight excluding hydrogens is 230 g/mol. The molecule has 0 amide bonds. The first-order chi connectivity index (χ1) is 8.31. The van der Waals surface area contributed by atoms with Gasteiger partial charge in [-0.3, -0.25) is 0 Å². The van der Waals surface area contributed by atoms with Crippen LogP contribution in [0.4, 0.5) is 0 Å². The van der Waals surface area contributed by atoms with Gasteiger partial charge in [0.05, 0.1) is 6.10 Å². The molecule has 1 saturated carbocycles. The van der Waals surface area contributed by atoms with Crippen molar-refractivity contribution >= 4 is 12.2 Å². The molecule has 2 nitrogen and oxygen atoms in total. The fourth-order valence-electron chi connectivity index (χ4n) is 1.71. The summed E-state index contributed by atoms with van der Waals surface area (Å²) in [5.41, 5.74) is 2.16. The minimum atomic E-state index is 0.448. The highest BCUT2D eigenvalue weighted by atomic mass is 32.1. The van der Waals surface area contributed by atoms with Gasteiger partial charge in [0.25, 0.3) is 0 Å². The van der Waals surface area contributed by atoms with Crippen molar-refractivity contribution in [2.24, 2.45) is 0 Å². The van der Waals surface area contributed by atoms with E-state index in [9.17, 15) is 0 Å². The van der Waals surface area contributed by atoms with Gasteiger partial charge in [0.1, 0.15) is 10.4 Å². The molecule has 1 heterocycles. The van der Waals surface area contributed by atoms with Gasteiger partial charge in [-0.1, -0.05) is 18.3 Å². The minimum Gasteiger partial charge on any atom is -0.490 e. The van der Waals surface area contributed by atoms with Crippen LogP contribution in [0.5, 0.6) is 5.75 Å². The van der Waals surface area contributed by atoms with Crippen LogP contribution in [-0.2, 0) is 0 Å². The molecule has 0 aliphatic heterocycles. The lowest BCUT2D eigenvalue weighted by atomic mass is 10.1. The smallest absolute Gasteiger partial charge is 0.119 e. The average Bonchev–Trinajstić information content (AvgIpc) is 3.14. The molecular formula is C14H13NOS. The lowest BCUT2D eigenvalue weighted by Gasteiger charge is -2.06. The Kier molecular flexibility index (Phi) is 2.69. The molecule has 0 unspecified atom stereocenters. The van der Waals surface area contributed by atoms with E-state index in [1.807, 2.05) is 30.3 Å². The summed E-state index contributed by atoms with van der Waals surface area (Å²) in [5, 5.41) is 0. The summed E-state index contributed by atoms with van der Waals surface area (Å²) in [7, 11) is 0. The fraction of sp³-hybridized carbons (Fsp3) is 0.214. The van der Waals surface area contributed by atoms with Crippen LogP contribution in [0.25, 0.3) is 11.3 Å². The van der Waals surface area contributed by atoms with E-state index in [2.05, 4.69) is 17.1 Å². The molecule has 1 aromatic carbocycles. The maximum Gasteiger partial charge on any atom is 0.119 e. The first-order valence-electron chi connectivity index (χ1n) is 5.78. The molecule has 1 aromatic heterocycles. The number of pyridine rings is 1. The van der Waals surface area contributed by atoms with Crippen LogP contribution in [0.15, 0.2) is 42.5 Å². The third-order valence-corrected chi connectivity index (χ3v) is 3.00. The number of rotatable bonds is 3. The van der Waals surface area contributed by atoms with Crippen LogP contribution in [0, 0.1) is 4.64 Å². The van der Waals surface area contributed by atoms with E-state index in [1.54, 1.807) is 0 Å². The fourth-order valence-corrected chi connectivity index (χ4v) is 1.90. The topological polar surface area (TPSA) is 25.0 Å². The van der Waals surface area contributed by atoms with Gasteiger partial charge in [-0.25, -0.2) is 0 Å². The monoisotopic (exact) mass is 243 g/mol. The molecule has 0 bridgehead atoms. The summed E-state index contributed by atoms with van der Waals surface area (Å²) < 4.78 is 6.46. The van der Waals surface area contributed by atoms with Crippen molar-refractivity contribution in [2.75, 3.05) is 0 Å². The molecule has 17 heavy (non-hydrogen) atoms. The second-order valence-electron chi connectivity index (χ2n) is 4.27. The second-order valence-corrected chi connectivity index (χ2v) is 4.71. The molecule has 0 spiro atoms. The minimum absolute atomic E-state index is 0.448. The molecule has 86 valence electrons. The molecule has 1 fully saturated rings. The van der Waals surface area contributed by atoms with Gasteiger partial charge in [-0.05, 0) is 54.8 Å². The molecule has 1 aliphatic carbocycles. The summed E-state index contributed by atoms with van der Waals surface area (Å²) in [5.74, 6) is 0.950. The van der Waals surface area contributed by atoms with E-state index in [0.29, 0.717) is 6.10 Å². The van der Waals surface area contributed by atoms with Gasteiger partial charge in [-0.15, -0.1) is 0 Å². The largest absolute Gasteiger partial charge is 0.490 e. The lowest BCUT2D eigenvalue weighted by Crippen LogP contribution is -1.95. The van der Waals surface area contributed by atoms with E-state index in [0.717, 1.165) is 21.6 Å². The van der Waals surface area contributed by atoms with Gasteiger partial charge in [-0.2, -0.15) is 0 Å². The van der Waals surface area contributed by atoms with Crippen LogP contribution in [0.3, 0.4) is 0 Å². The van der Waals surface area contributed by atoms with Gasteiger partial charge >= 0.3 is 0 Å². The molecule has 3 rings (SSSR count). The van der Waals surface area contributed by atoms with Gasteiger partial charge in [0, 0.05) is 5.69 Å². The summed E-state index contributed by atoms with van der Waals surface area (Å²) in [6.45, 7) is 0. The van der Waals surface area contributed by atoms with Crippen molar-refractivity contribution in [3.05, 3.63) is 47.1 Å². The van der Waals surface area contributed by atoms with Crippen molar-refractivity contribution in [1.29, 1.82) is 0 Å². The van der Waals surface area contributed by atoms with Crippen LogP contribution in [0.1, 0.15) is 12.8 Å². The third kappa shape index (κ3) is 2.56. The quantitative estimate of drug-likeness (QED) is 0.826. The maximum absolute atomic E-state index is 5.71. The SMILES string of the molecule is S=c1cccc(-c2ccc(OC3CC3)cc2)[nH]1. The Labute approximate surface area is 105 Å². The highest BCUT2D eigenvalue weighted by Crippen LogP contribution is 2.28. The summed E-state index contributed by atoms with van der Waals surface area (Å²) in [6, 6.07) is 14.0. The molecule has 0 radical (unpaired) electrons. The number of hydrogen-bond acceptors (Lipinski definition) is 2. The van der Waals surface area contributed by atoms with E-state index in [1.165, 1.54) is 12.8 Å². The highest BCUT2D eigenvalue weighted by molar-refractivity contribution is 7.71. The Morgan fingerprint density at radius 1 is 1.06 bits per heavy atom. The van der Waals surface area contributed by atoms with Gasteiger partial charge in [0.15, 0.2) is 0 Å². The molecule has 1 aliphatic rings. The zero-order valence-corrected chi connectivity index (χ0v) is 10.2. The van der Waals surface area contributed by atoms with Crippen LogP contribution in [0.2, 0.25) is 0 Å². The first-order valence-corrected chi connectivity index (χ1v) is 6.18. The van der Waals surface area contributed by atoms with Crippen LogP contribution >= 0.6 is 12.2 Å². The average molecular weight is 243 g/mol. The van der Waals surface area contributed by atoms with Crippen molar-refractivity contribution in [2.45, 2.75) is 18.9 Å². The Balaban J connectivity index is 1.85. The number of aromatic nitrogens is 1. The Hall–Kier alpha value is -1.61. The number of hydrogen-bond donors (Lipinski definition) is 1. The van der Waals surface area contributed by atoms with Crippen molar-refractivity contribution in [1.82, 2.24) is 4.98 Å². The molecule has 0 saturated heterocycles. The van der Waals surface area contributed by atoms with E-state index >= 15 is 0 Å². The van der Waals surface area contributed by atoms with Crippen molar-refractivity contribution in [3.63, 3.8) is 0 Å². The number of ether oxygens (including phenoxy) is 1. The van der Waals surface area contributed by atoms with Crippen LogP contribution in [-0.4, -0.2) is 11.1 Å². The highest BCUT2D eigenvalue weighted by Gasteiger charge is 2.23. The Morgan fingerprint density at radius 3 is 2.47 bits per heavy atom. The molecule has 3 heteroatoms. The lowest BCUT2D eigenvalue weighted by molar-refractivity contribution is 0.303. The van der Waals surface area contributed by atoms with E-state index in [4.69, 9.17) is 17.0 Å². The summed E-state index contributed by atoms with van der Waals surface area (Å²) in [4.78, 5) is 3.17. The van der Waals surface area contributed by atoms with E-state index < -0.39 is 0 Å². The third-order valence-electron chi connectivity index (χ3n) is 2.76. The Morgan fingerprint density at radius 2 is 1.82 bits per heavy atom. The second kappa shape index (κ2) is 4.34. The molecule has 2 aromatic rings. The predicted octanol–water partition coefficient (Wildman–Crippen LogP) is 3.95.